The molecule has 16 nitrogen and oxygen atoms in total. The number of benzene rings is 5. The van der Waals surface area contributed by atoms with Crippen molar-refractivity contribution in [2.75, 3.05) is 52.5 Å². The van der Waals surface area contributed by atoms with E-state index < -0.39 is 65.7 Å². The normalized spacial score (nSPS) is 23.3. The van der Waals surface area contributed by atoms with Crippen LogP contribution in [0, 0.1) is 5.92 Å². The highest BCUT2D eigenvalue weighted by Gasteiger charge is 2.45. The minimum Gasteiger partial charge on any atom is -0.489 e. The number of H-pyrrole nitrogens is 1. The Bertz CT molecular complexity index is 3000. The molecule has 6 aromatic rings. The summed E-state index contributed by atoms with van der Waals surface area (Å²) >= 11 is 0. The minimum absolute atomic E-state index is 0.0586. The van der Waals surface area contributed by atoms with Gasteiger partial charge in [-0.2, -0.15) is 0 Å². The monoisotopic (exact) mass is 1030 g/mol. The number of aromatic amines is 1. The molecule has 5 heterocycles. The molecule has 1 aromatic heterocycles. The SMILES string of the molecule is O=C1N[C@@H](Cc2ccc(OCc3ccccc3)cc2)C(=O)N2Cc3ccccc3C[C@H]2C(=O)N2CCOC[C@H]2C(=O)N[C@@H](CCc2ccccc2)C(=O)N[C@H](Cc2c[nH]c3ccccc23)C(=O)C[C@H]1CN1CCNCC1. The van der Waals surface area contributed by atoms with Gasteiger partial charge in [0.25, 0.3) is 0 Å². The number of nitrogens with zero attached hydrogens (tertiary/aromatic N) is 3. The summed E-state index contributed by atoms with van der Waals surface area (Å²) in [7, 11) is 0. The van der Waals surface area contributed by atoms with Gasteiger partial charge in [0.1, 0.15) is 36.5 Å². The summed E-state index contributed by atoms with van der Waals surface area (Å²) in [4.78, 5) is 99.8. The zero-order valence-corrected chi connectivity index (χ0v) is 42.7. The number of amides is 5. The zero-order valence-electron chi connectivity index (χ0n) is 42.7. The van der Waals surface area contributed by atoms with E-state index >= 15 is 19.2 Å². The van der Waals surface area contributed by atoms with Crippen LogP contribution in [0.25, 0.3) is 10.9 Å². The molecule has 5 amide bonds. The van der Waals surface area contributed by atoms with Crippen molar-refractivity contribution in [3.8, 4) is 5.75 Å². The summed E-state index contributed by atoms with van der Waals surface area (Å²) in [6.45, 7) is 3.39. The molecule has 0 aliphatic carbocycles. The summed E-state index contributed by atoms with van der Waals surface area (Å²) in [5, 5.41) is 13.5. The largest absolute Gasteiger partial charge is 0.489 e. The quantitative estimate of drug-likeness (QED) is 0.118. The third-order valence-electron chi connectivity index (χ3n) is 15.3. The lowest BCUT2D eigenvalue weighted by molar-refractivity contribution is -0.157. The topological polar surface area (TPSA) is 195 Å². The average molecular weight is 1030 g/mol. The van der Waals surface area contributed by atoms with Crippen LogP contribution in [0.5, 0.6) is 5.75 Å². The Hall–Kier alpha value is -7.66. The molecule has 0 bridgehead atoms. The van der Waals surface area contributed by atoms with Gasteiger partial charge in [-0.05, 0) is 64.4 Å². The number of aromatic nitrogens is 1. The standard InChI is InChI=1S/C60H66N8O8/c69-55-34-46(36-66-27-25-61-26-28-66)56(70)65-52(31-41-19-22-47(23-20-41)76-38-42-13-5-2-6-14-42)59(73)68-37-44-16-8-7-15-43(44)33-53(68)60(74)67-29-30-75-39-54(67)58(72)63-50(24-21-40-11-3-1-4-12-40)57(71)64-51(55)32-45-35-62-49-18-10-9-17-48(45)49/h1-20,22-23,35,46,50-54,61-62H,21,24-34,36-39H2,(H,63,72)(H,64,71)(H,65,70)/t46-,50-,51+,52-,53-,54-/m0/s1. The highest BCUT2D eigenvalue weighted by atomic mass is 16.5. The van der Waals surface area contributed by atoms with Gasteiger partial charge in [0, 0.05) is 88.6 Å². The summed E-state index contributed by atoms with van der Waals surface area (Å²) in [5.41, 5.74) is 6.09. The average Bonchev–Trinajstić information content (AvgIpc) is 3.89. The fraction of sp³-hybridized carbons (Fsp3) is 0.367. The van der Waals surface area contributed by atoms with Crippen LogP contribution in [0.4, 0.5) is 0 Å². The number of morpholine rings is 1. The van der Waals surface area contributed by atoms with Crippen LogP contribution in [0.2, 0.25) is 0 Å². The van der Waals surface area contributed by atoms with E-state index in [0.717, 1.165) is 44.3 Å². The van der Waals surface area contributed by atoms with Crippen molar-refractivity contribution < 1.29 is 38.2 Å². The number of carbonyl (C=O) groups is 6. The molecule has 3 fully saturated rings. The highest BCUT2D eigenvalue weighted by Crippen LogP contribution is 2.29. The maximum atomic E-state index is 15.7. The molecule has 4 aliphatic rings. The minimum atomic E-state index is -1.18. The number of aryl methyl sites for hydroxylation is 1. The predicted octanol–water partition coefficient (Wildman–Crippen LogP) is 4.29. The van der Waals surface area contributed by atoms with E-state index in [1.54, 1.807) is 4.90 Å². The first-order valence-electron chi connectivity index (χ1n) is 26.6. The second-order valence-electron chi connectivity index (χ2n) is 20.4. The van der Waals surface area contributed by atoms with Crippen molar-refractivity contribution in [3.05, 3.63) is 173 Å². The summed E-state index contributed by atoms with van der Waals surface area (Å²) in [6.07, 6.45) is 2.49. The molecule has 3 saturated heterocycles. The van der Waals surface area contributed by atoms with Gasteiger partial charge >= 0.3 is 0 Å². The Labute approximate surface area is 442 Å². The second kappa shape index (κ2) is 24.3. The Morgan fingerprint density at radius 1 is 0.579 bits per heavy atom. The van der Waals surface area contributed by atoms with Crippen LogP contribution < -0.4 is 26.0 Å². The van der Waals surface area contributed by atoms with Crippen molar-refractivity contribution in [2.45, 2.75) is 81.9 Å². The maximum absolute atomic E-state index is 15.7. The Kier molecular flexibility index (Phi) is 16.6. The first-order chi connectivity index (χ1) is 37.1. The number of para-hydroxylation sites is 1. The van der Waals surface area contributed by atoms with Crippen LogP contribution >= 0.6 is 0 Å². The van der Waals surface area contributed by atoms with Gasteiger partial charge in [-0.1, -0.05) is 115 Å². The fourth-order valence-electron chi connectivity index (χ4n) is 11.0. The van der Waals surface area contributed by atoms with Crippen molar-refractivity contribution >= 4 is 46.2 Å². The third-order valence-corrected chi connectivity index (χ3v) is 15.3. The van der Waals surface area contributed by atoms with Crippen molar-refractivity contribution in [1.29, 1.82) is 0 Å². The second-order valence-corrected chi connectivity index (χ2v) is 20.4. The van der Waals surface area contributed by atoms with E-state index in [9.17, 15) is 9.59 Å². The van der Waals surface area contributed by atoms with E-state index in [-0.39, 0.29) is 70.7 Å². The van der Waals surface area contributed by atoms with Crippen LogP contribution in [0.1, 0.15) is 46.2 Å². The van der Waals surface area contributed by atoms with E-state index in [1.807, 2.05) is 140 Å². The number of hydrogen-bond acceptors (Lipinski definition) is 10. The first kappa shape index (κ1) is 51.8. The Morgan fingerprint density at radius 2 is 1.26 bits per heavy atom. The number of carbonyl (C=O) groups excluding carboxylic acids is 6. The molecule has 394 valence electrons. The van der Waals surface area contributed by atoms with Gasteiger partial charge in [0.05, 0.1) is 25.2 Å². The number of piperazine rings is 1. The molecule has 0 spiro atoms. The van der Waals surface area contributed by atoms with Crippen molar-refractivity contribution in [1.82, 2.24) is 41.0 Å². The lowest BCUT2D eigenvalue weighted by Gasteiger charge is -2.43. The van der Waals surface area contributed by atoms with E-state index in [2.05, 4.69) is 31.2 Å². The molecule has 0 saturated carbocycles. The summed E-state index contributed by atoms with van der Waals surface area (Å²) < 4.78 is 12.0. The summed E-state index contributed by atoms with van der Waals surface area (Å²) in [6, 6.07) is 36.6. The molecule has 0 unspecified atom stereocenters. The molecule has 4 aliphatic heterocycles. The van der Waals surface area contributed by atoms with Gasteiger partial charge < -0.3 is 50.4 Å². The molecule has 5 N–H and O–H groups in total. The highest BCUT2D eigenvalue weighted by molar-refractivity contribution is 5.99. The van der Waals surface area contributed by atoms with Gasteiger partial charge in [0.15, 0.2) is 5.78 Å². The first-order valence-corrected chi connectivity index (χ1v) is 26.6. The Morgan fingerprint density at radius 3 is 2.04 bits per heavy atom. The molecule has 0 radical (unpaired) electrons. The fourth-order valence-corrected chi connectivity index (χ4v) is 11.0. The molecule has 76 heavy (non-hydrogen) atoms. The van der Waals surface area contributed by atoms with Crippen LogP contribution in [-0.4, -0.2) is 138 Å². The van der Waals surface area contributed by atoms with Gasteiger partial charge in [-0.3, -0.25) is 28.8 Å². The molecular weight excluding hydrogens is 961 g/mol. The third kappa shape index (κ3) is 12.5. The lowest BCUT2D eigenvalue weighted by atomic mass is 9.90. The maximum Gasteiger partial charge on any atom is 0.246 e. The zero-order chi connectivity index (χ0) is 52.4. The van der Waals surface area contributed by atoms with E-state index in [4.69, 9.17) is 9.47 Å². The number of fused-ring (bicyclic) bond motifs is 4. The molecule has 6 atom stereocenters. The van der Waals surface area contributed by atoms with Crippen molar-refractivity contribution in [2.24, 2.45) is 5.92 Å². The number of rotatable bonds is 12. The van der Waals surface area contributed by atoms with Crippen LogP contribution in [0.15, 0.2) is 140 Å². The lowest BCUT2D eigenvalue weighted by Crippen LogP contribution is -2.64. The number of Topliss-reactive ketones (excluding diaryl/α,β-unsaturated/α-hetero) is 1. The van der Waals surface area contributed by atoms with Crippen molar-refractivity contribution in [3.63, 3.8) is 0 Å². The predicted molar refractivity (Wildman–Crippen MR) is 287 cm³/mol. The smallest absolute Gasteiger partial charge is 0.246 e. The molecule has 5 aromatic carbocycles. The molecule has 16 heteroatoms. The van der Waals surface area contributed by atoms with Gasteiger partial charge in [-0.25, -0.2) is 0 Å². The van der Waals surface area contributed by atoms with E-state index in [1.165, 1.54) is 4.90 Å². The molecular formula is C60H66N8O8. The number of ketones is 1. The Balaban J connectivity index is 1.03. The molecule has 10 rings (SSSR count). The van der Waals surface area contributed by atoms with Gasteiger partial charge in [-0.15, -0.1) is 0 Å². The van der Waals surface area contributed by atoms with E-state index in [0.29, 0.717) is 45.0 Å². The number of ether oxygens (including phenoxy) is 2. The number of hydrogen-bond donors (Lipinski definition) is 5. The summed E-state index contributed by atoms with van der Waals surface area (Å²) in [5.74, 6) is -3.26. The van der Waals surface area contributed by atoms with Gasteiger partial charge in [0.2, 0.25) is 29.5 Å². The van der Waals surface area contributed by atoms with Crippen LogP contribution in [0.3, 0.4) is 0 Å². The van der Waals surface area contributed by atoms with Crippen LogP contribution in [-0.2, 0) is 72.3 Å². The number of nitrogens with one attached hydrogen (secondary N) is 5.